The van der Waals surface area contributed by atoms with Gasteiger partial charge in [-0.1, -0.05) is 0 Å². The Hall–Kier alpha value is -1.79. The molecule has 4 rings (SSSR count). The third kappa shape index (κ3) is 2.76. The standard InChI is InChI=1S/C20H29N3O3/c1-12-4-5-20(24)23(12)17-11-22-7-6-13-8-18(25-2)19(26-3)9-14(13)16(22)10-15(17)21/h8-9,12,15-17H,4-7,10-11,21H2,1-3H3/t12?,15-,16-,17-/m0/s1. The molecule has 3 heterocycles. The van der Waals surface area contributed by atoms with Crippen molar-refractivity contribution in [3.8, 4) is 11.5 Å². The van der Waals surface area contributed by atoms with Gasteiger partial charge >= 0.3 is 0 Å². The number of methoxy groups -OCH3 is 2. The number of carbonyl (C=O) groups excluding carboxylic acids is 1. The van der Waals surface area contributed by atoms with Gasteiger partial charge in [-0.2, -0.15) is 0 Å². The van der Waals surface area contributed by atoms with Crippen LogP contribution in [0, 0.1) is 0 Å². The second-order valence-corrected chi connectivity index (χ2v) is 7.82. The Kier molecular flexibility index (Phi) is 4.57. The SMILES string of the molecule is COc1cc2c(cc1OC)[C@@H]1C[C@H](N)[C@@H](N3C(=O)CCC3C)CN1CC2. The third-order valence-corrected chi connectivity index (χ3v) is 6.42. The fourth-order valence-electron chi connectivity index (χ4n) is 5.02. The van der Waals surface area contributed by atoms with Gasteiger partial charge in [0.2, 0.25) is 5.91 Å². The fraction of sp³-hybridized carbons (Fsp3) is 0.650. The van der Waals surface area contributed by atoms with Crippen LogP contribution in [-0.2, 0) is 11.2 Å². The molecule has 0 aliphatic carbocycles. The van der Waals surface area contributed by atoms with Crippen LogP contribution in [0.2, 0.25) is 0 Å². The number of nitrogens with two attached hydrogens (primary N) is 1. The summed E-state index contributed by atoms with van der Waals surface area (Å²) in [5, 5.41) is 0. The summed E-state index contributed by atoms with van der Waals surface area (Å²) in [5.74, 6) is 1.82. The minimum Gasteiger partial charge on any atom is -0.493 e. The van der Waals surface area contributed by atoms with Gasteiger partial charge in [0.05, 0.1) is 20.3 Å². The average Bonchev–Trinajstić information content (AvgIpc) is 2.98. The van der Waals surface area contributed by atoms with Crippen molar-refractivity contribution in [3.05, 3.63) is 23.3 Å². The predicted molar refractivity (Wildman–Crippen MR) is 99.5 cm³/mol. The zero-order valence-corrected chi connectivity index (χ0v) is 15.9. The Morgan fingerprint density at radius 3 is 2.54 bits per heavy atom. The van der Waals surface area contributed by atoms with E-state index in [1.54, 1.807) is 14.2 Å². The van der Waals surface area contributed by atoms with E-state index in [4.69, 9.17) is 15.2 Å². The second-order valence-electron chi connectivity index (χ2n) is 7.82. The van der Waals surface area contributed by atoms with Gasteiger partial charge in [0.1, 0.15) is 0 Å². The maximum absolute atomic E-state index is 12.4. The summed E-state index contributed by atoms with van der Waals surface area (Å²) >= 11 is 0. The number of rotatable bonds is 3. The Morgan fingerprint density at radius 2 is 1.88 bits per heavy atom. The quantitative estimate of drug-likeness (QED) is 0.890. The highest BCUT2D eigenvalue weighted by Crippen LogP contribution is 2.42. The summed E-state index contributed by atoms with van der Waals surface area (Å²) in [6, 6.07) is 4.93. The lowest BCUT2D eigenvalue weighted by molar-refractivity contribution is -0.133. The number of amides is 1. The molecule has 1 unspecified atom stereocenters. The molecule has 1 aromatic carbocycles. The topological polar surface area (TPSA) is 68.0 Å². The molecule has 2 fully saturated rings. The van der Waals surface area contributed by atoms with Crippen molar-refractivity contribution in [2.45, 2.75) is 56.8 Å². The number of nitrogens with zero attached hydrogens (tertiary/aromatic N) is 2. The van der Waals surface area contributed by atoms with E-state index >= 15 is 0 Å². The smallest absolute Gasteiger partial charge is 0.223 e. The number of hydrogen-bond donors (Lipinski definition) is 1. The summed E-state index contributed by atoms with van der Waals surface area (Å²) in [4.78, 5) is 16.9. The molecule has 6 nitrogen and oxygen atoms in total. The molecular weight excluding hydrogens is 330 g/mol. The Balaban J connectivity index is 1.62. The lowest BCUT2D eigenvalue weighted by atomic mass is 9.82. The molecule has 6 heteroatoms. The molecule has 0 bridgehead atoms. The number of hydrogen-bond acceptors (Lipinski definition) is 5. The second kappa shape index (κ2) is 6.74. The zero-order valence-electron chi connectivity index (χ0n) is 15.9. The molecule has 4 atom stereocenters. The first-order valence-corrected chi connectivity index (χ1v) is 9.59. The number of carbonyl (C=O) groups is 1. The first-order chi connectivity index (χ1) is 12.5. The Morgan fingerprint density at radius 1 is 1.15 bits per heavy atom. The summed E-state index contributed by atoms with van der Waals surface area (Å²) in [6.07, 6.45) is 3.46. The van der Waals surface area contributed by atoms with Gasteiger partial charge in [0.15, 0.2) is 11.5 Å². The van der Waals surface area contributed by atoms with Crippen LogP contribution < -0.4 is 15.2 Å². The highest BCUT2D eigenvalue weighted by Gasteiger charge is 2.44. The summed E-state index contributed by atoms with van der Waals surface area (Å²) < 4.78 is 11.0. The van der Waals surface area contributed by atoms with Crippen molar-refractivity contribution in [3.63, 3.8) is 0 Å². The number of ether oxygens (including phenoxy) is 2. The van der Waals surface area contributed by atoms with Gasteiger partial charge in [-0.3, -0.25) is 9.69 Å². The van der Waals surface area contributed by atoms with E-state index < -0.39 is 0 Å². The van der Waals surface area contributed by atoms with Crippen molar-refractivity contribution in [2.24, 2.45) is 5.73 Å². The van der Waals surface area contributed by atoms with Gasteiger partial charge in [0.25, 0.3) is 0 Å². The molecule has 0 aromatic heterocycles. The fourth-order valence-corrected chi connectivity index (χ4v) is 5.02. The molecule has 26 heavy (non-hydrogen) atoms. The molecule has 0 saturated carbocycles. The molecular formula is C20H29N3O3. The molecule has 1 amide bonds. The first-order valence-electron chi connectivity index (χ1n) is 9.59. The lowest BCUT2D eigenvalue weighted by Gasteiger charge is -2.49. The van der Waals surface area contributed by atoms with Crippen molar-refractivity contribution in [1.29, 1.82) is 0 Å². The van der Waals surface area contributed by atoms with E-state index in [0.717, 1.165) is 43.9 Å². The maximum atomic E-state index is 12.4. The zero-order chi connectivity index (χ0) is 18.4. The van der Waals surface area contributed by atoms with Crippen LogP contribution in [0.25, 0.3) is 0 Å². The minimum atomic E-state index is -0.000188. The lowest BCUT2D eigenvalue weighted by Crippen LogP contribution is -2.61. The van der Waals surface area contributed by atoms with E-state index in [0.29, 0.717) is 12.5 Å². The number of likely N-dealkylation sites (tertiary alicyclic amines) is 1. The van der Waals surface area contributed by atoms with E-state index in [9.17, 15) is 4.79 Å². The number of benzene rings is 1. The van der Waals surface area contributed by atoms with Gasteiger partial charge in [-0.15, -0.1) is 0 Å². The number of piperidine rings is 1. The van der Waals surface area contributed by atoms with Crippen LogP contribution in [-0.4, -0.2) is 61.1 Å². The molecule has 3 aliphatic rings. The van der Waals surface area contributed by atoms with E-state index in [1.165, 1.54) is 11.1 Å². The first kappa shape index (κ1) is 17.6. The van der Waals surface area contributed by atoms with Crippen molar-refractivity contribution < 1.29 is 14.3 Å². The van der Waals surface area contributed by atoms with Crippen LogP contribution in [0.3, 0.4) is 0 Å². The largest absolute Gasteiger partial charge is 0.493 e. The Labute approximate surface area is 155 Å². The summed E-state index contributed by atoms with van der Waals surface area (Å²) in [6.45, 7) is 3.99. The molecule has 2 N–H and O–H groups in total. The highest BCUT2D eigenvalue weighted by atomic mass is 16.5. The minimum absolute atomic E-state index is 0.000188. The average molecular weight is 359 g/mol. The van der Waals surface area contributed by atoms with E-state index in [-0.39, 0.29) is 24.0 Å². The van der Waals surface area contributed by atoms with Gasteiger partial charge < -0.3 is 20.1 Å². The molecule has 3 aliphatic heterocycles. The van der Waals surface area contributed by atoms with E-state index in [1.807, 2.05) is 0 Å². The van der Waals surface area contributed by atoms with Crippen molar-refractivity contribution in [1.82, 2.24) is 9.80 Å². The van der Waals surface area contributed by atoms with Crippen LogP contribution in [0.4, 0.5) is 0 Å². The number of fused-ring (bicyclic) bond motifs is 3. The Bertz CT molecular complexity index is 708. The van der Waals surface area contributed by atoms with Crippen LogP contribution in [0.1, 0.15) is 43.4 Å². The summed E-state index contributed by atoms with van der Waals surface area (Å²) in [7, 11) is 3.35. The van der Waals surface area contributed by atoms with Gasteiger partial charge in [-0.05, 0) is 49.4 Å². The molecule has 142 valence electrons. The van der Waals surface area contributed by atoms with Crippen LogP contribution >= 0.6 is 0 Å². The highest BCUT2D eigenvalue weighted by molar-refractivity contribution is 5.79. The maximum Gasteiger partial charge on any atom is 0.223 e. The monoisotopic (exact) mass is 359 g/mol. The molecule has 0 radical (unpaired) electrons. The van der Waals surface area contributed by atoms with Crippen molar-refractivity contribution in [2.75, 3.05) is 27.3 Å². The van der Waals surface area contributed by atoms with Crippen molar-refractivity contribution >= 4 is 5.91 Å². The third-order valence-electron chi connectivity index (χ3n) is 6.42. The van der Waals surface area contributed by atoms with Gasteiger partial charge in [-0.25, -0.2) is 0 Å². The predicted octanol–water partition coefficient (Wildman–Crippen LogP) is 1.71. The van der Waals surface area contributed by atoms with Crippen LogP contribution in [0.5, 0.6) is 11.5 Å². The summed E-state index contributed by atoms with van der Waals surface area (Å²) in [5.41, 5.74) is 9.21. The molecule has 1 aromatic rings. The molecule has 0 spiro atoms. The van der Waals surface area contributed by atoms with Gasteiger partial charge in [0, 0.05) is 37.6 Å². The van der Waals surface area contributed by atoms with Crippen LogP contribution in [0.15, 0.2) is 12.1 Å². The normalized spacial score (nSPS) is 31.5. The molecule has 2 saturated heterocycles. The van der Waals surface area contributed by atoms with E-state index in [2.05, 4.69) is 28.9 Å².